The molecule has 0 unspecified atom stereocenters. The van der Waals surface area contributed by atoms with Crippen molar-refractivity contribution in [1.29, 1.82) is 0 Å². The topological polar surface area (TPSA) is 93.7 Å². The molecule has 190 valence electrons. The maximum Gasteiger partial charge on any atom is 0.285 e. The molecule has 1 saturated heterocycles. The Morgan fingerprint density at radius 2 is 2.03 bits per heavy atom. The fourth-order valence-corrected chi connectivity index (χ4v) is 4.78. The Kier molecular flexibility index (Phi) is 8.28. The Bertz CT molecular complexity index is 1450. The van der Waals surface area contributed by atoms with E-state index in [1.54, 1.807) is 43.3 Å². The molecule has 2 aromatic carbocycles. The molecule has 1 fully saturated rings. The Morgan fingerprint density at radius 1 is 1.24 bits per heavy atom. The maximum absolute atomic E-state index is 14.0. The first-order valence-corrected chi connectivity index (χ1v) is 12.6. The van der Waals surface area contributed by atoms with E-state index in [4.69, 9.17) is 44.9 Å². The minimum atomic E-state index is -0.798. The number of halogens is 3. The predicted octanol–water partition coefficient (Wildman–Crippen LogP) is 5.97. The van der Waals surface area contributed by atoms with Crippen LogP contribution in [0.1, 0.15) is 28.4 Å². The van der Waals surface area contributed by atoms with E-state index in [2.05, 4.69) is 15.4 Å². The number of hydrogen-bond donors (Lipinski definition) is 1. The van der Waals surface area contributed by atoms with Crippen LogP contribution in [0.25, 0.3) is 6.08 Å². The average molecular weight is 579 g/mol. The number of aryl methyl sites for hydroxylation is 1. The molecule has 13 heteroatoms. The molecule has 0 bridgehead atoms. The average Bonchev–Trinajstić information content (AvgIpc) is 3.10. The van der Waals surface area contributed by atoms with Gasteiger partial charge in [-0.15, -0.1) is 0 Å². The summed E-state index contributed by atoms with van der Waals surface area (Å²) in [5, 5.41) is 1.07. The minimum absolute atomic E-state index is 0.147. The van der Waals surface area contributed by atoms with Crippen LogP contribution in [-0.2, 0) is 4.79 Å². The van der Waals surface area contributed by atoms with Crippen molar-refractivity contribution in [2.45, 2.75) is 13.8 Å². The van der Waals surface area contributed by atoms with Crippen molar-refractivity contribution in [3.05, 3.63) is 80.3 Å². The monoisotopic (exact) mass is 578 g/mol. The fraction of sp³-hybridized carbons (Fsp3) is 0.125. The Hall–Kier alpha value is -3.25. The number of ether oxygens (including phenoxy) is 2. The zero-order valence-corrected chi connectivity index (χ0v) is 22.4. The smallest absolute Gasteiger partial charge is 0.285 e. The molecule has 0 atom stereocenters. The van der Waals surface area contributed by atoms with E-state index in [-0.39, 0.29) is 42.5 Å². The van der Waals surface area contributed by atoms with Crippen molar-refractivity contribution in [2.24, 2.45) is 0 Å². The van der Waals surface area contributed by atoms with E-state index in [1.165, 1.54) is 6.07 Å². The second kappa shape index (κ2) is 11.4. The highest BCUT2D eigenvalue weighted by Crippen LogP contribution is 2.36. The molecule has 3 aromatic rings. The number of thioether (sulfide) groups is 1. The van der Waals surface area contributed by atoms with E-state index < -0.39 is 17.6 Å². The third kappa shape index (κ3) is 6.19. The molecule has 0 saturated carbocycles. The number of benzene rings is 2. The van der Waals surface area contributed by atoms with Gasteiger partial charge in [0.05, 0.1) is 28.3 Å². The molecule has 1 aliphatic rings. The highest BCUT2D eigenvalue weighted by molar-refractivity contribution is 8.26. The largest absolute Gasteiger partial charge is 0.490 e. The van der Waals surface area contributed by atoms with Crippen LogP contribution in [-0.4, -0.2) is 37.7 Å². The predicted molar refractivity (Wildman–Crippen MR) is 143 cm³/mol. The lowest BCUT2D eigenvalue weighted by Crippen LogP contribution is -2.44. The van der Waals surface area contributed by atoms with Crippen molar-refractivity contribution in [3.63, 3.8) is 0 Å². The van der Waals surface area contributed by atoms with Gasteiger partial charge in [-0.25, -0.2) is 4.98 Å². The van der Waals surface area contributed by atoms with Gasteiger partial charge < -0.3 is 9.47 Å². The number of hydrogen-bond acceptors (Lipinski definition) is 8. The zero-order chi connectivity index (χ0) is 26.7. The summed E-state index contributed by atoms with van der Waals surface area (Å²) in [6.07, 6.45) is 2.48. The third-order valence-corrected chi connectivity index (χ3v) is 6.63. The molecule has 0 spiro atoms. The van der Waals surface area contributed by atoms with Gasteiger partial charge in [-0.1, -0.05) is 35.5 Å². The number of carbonyl (C=O) groups is 2. The van der Waals surface area contributed by atoms with Gasteiger partial charge in [-0.2, -0.15) is 14.4 Å². The summed E-state index contributed by atoms with van der Waals surface area (Å²) in [7, 11) is 0. The standard InChI is InChI=1S/C24H17Cl2FN4O4S2/c1-3-34-18-9-13(5-7-17(18)35-21-16(27)11-28-23(26)29-21)10-19-22(33)31(24(36)37-19)30-20(32)14-6-4-12(2)8-15(14)25/h4-11H,3H2,1-2H3,(H,30,32)/b19-10+. The number of thiocarbonyl (C=S) groups is 1. The normalized spacial score (nSPS) is 14.3. The lowest BCUT2D eigenvalue weighted by Gasteiger charge is -2.16. The van der Waals surface area contributed by atoms with Gasteiger partial charge in [0.15, 0.2) is 15.8 Å². The summed E-state index contributed by atoms with van der Waals surface area (Å²) in [4.78, 5) is 33.2. The maximum atomic E-state index is 14.0. The lowest BCUT2D eigenvalue weighted by atomic mass is 10.1. The van der Waals surface area contributed by atoms with E-state index in [1.807, 2.05) is 6.92 Å². The van der Waals surface area contributed by atoms with Crippen LogP contribution in [0.4, 0.5) is 4.39 Å². The molecule has 8 nitrogen and oxygen atoms in total. The molecule has 4 rings (SSSR count). The molecular formula is C24H17Cl2FN4O4S2. The molecule has 2 amide bonds. The number of rotatable bonds is 7. The number of carbonyl (C=O) groups excluding carboxylic acids is 2. The number of amides is 2. The Labute approximate surface area is 230 Å². The van der Waals surface area contributed by atoms with Gasteiger partial charge in [0.25, 0.3) is 17.7 Å². The van der Waals surface area contributed by atoms with Crippen molar-refractivity contribution in [3.8, 4) is 17.4 Å². The van der Waals surface area contributed by atoms with Gasteiger partial charge >= 0.3 is 0 Å². The van der Waals surface area contributed by atoms with Crippen LogP contribution in [0.5, 0.6) is 17.4 Å². The second-order valence-electron chi connectivity index (χ2n) is 7.47. The number of nitrogens with one attached hydrogen (secondary N) is 1. The molecule has 1 N–H and O–H groups in total. The third-order valence-electron chi connectivity index (χ3n) is 4.83. The quantitative estimate of drug-likeness (QED) is 0.208. The molecule has 1 aromatic heterocycles. The highest BCUT2D eigenvalue weighted by atomic mass is 35.5. The molecule has 1 aliphatic heterocycles. The molecule has 37 heavy (non-hydrogen) atoms. The van der Waals surface area contributed by atoms with Gasteiger partial charge in [-0.3, -0.25) is 15.0 Å². The summed E-state index contributed by atoms with van der Waals surface area (Å²) in [6.45, 7) is 3.91. The first-order chi connectivity index (χ1) is 17.7. The van der Waals surface area contributed by atoms with Crippen molar-refractivity contribution in [1.82, 2.24) is 20.4 Å². The zero-order valence-electron chi connectivity index (χ0n) is 19.3. The first-order valence-electron chi connectivity index (χ1n) is 10.6. The van der Waals surface area contributed by atoms with Crippen LogP contribution < -0.4 is 14.9 Å². The summed E-state index contributed by atoms with van der Waals surface area (Å²) in [5.41, 5.74) is 4.18. The van der Waals surface area contributed by atoms with Gasteiger partial charge in [0.2, 0.25) is 11.1 Å². The van der Waals surface area contributed by atoms with E-state index in [0.717, 1.165) is 28.5 Å². The van der Waals surface area contributed by atoms with Crippen molar-refractivity contribution in [2.75, 3.05) is 6.61 Å². The second-order valence-corrected chi connectivity index (χ2v) is 9.90. The lowest BCUT2D eigenvalue weighted by molar-refractivity contribution is -0.123. The summed E-state index contributed by atoms with van der Waals surface area (Å²) < 4.78 is 25.3. The van der Waals surface area contributed by atoms with Crippen LogP contribution in [0.15, 0.2) is 47.5 Å². The summed E-state index contributed by atoms with van der Waals surface area (Å²) in [6, 6.07) is 9.74. The van der Waals surface area contributed by atoms with Crippen molar-refractivity contribution >= 4 is 69.4 Å². The number of nitrogens with zero attached hydrogens (tertiary/aromatic N) is 3. The van der Waals surface area contributed by atoms with Crippen LogP contribution in [0.2, 0.25) is 10.3 Å². The van der Waals surface area contributed by atoms with Crippen LogP contribution in [0, 0.1) is 12.7 Å². The van der Waals surface area contributed by atoms with E-state index in [0.29, 0.717) is 12.2 Å². The van der Waals surface area contributed by atoms with Gasteiger partial charge in [0, 0.05) is 0 Å². The number of aromatic nitrogens is 2. The highest BCUT2D eigenvalue weighted by Gasteiger charge is 2.34. The SMILES string of the molecule is CCOc1cc(/C=C2/SC(=S)N(NC(=O)c3ccc(C)cc3Cl)C2=O)ccc1Oc1nc(Cl)ncc1F. The van der Waals surface area contributed by atoms with Gasteiger partial charge in [0.1, 0.15) is 0 Å². The van der Waals surface area contributed by atoms with Crippen LogP contribution in [0.3, 0.4) is 0 Å². The molecule has 2 heterocycles. The summed E-state index contributed by atoms with van der Waals surface area (Å²) in [5.74, 6) is -1.78. The van der Waals surface area contributed by atoms with Gasteiger partial charge in [-0.05, 0) is 79.1 Å². The van der Waals surface area contributed by atoms with E-state index >= 15 is 0 Å². The Morgan fingerprint density at radius 3 is 2.76 bits per heavy atom. The van der Waals surface area contributed by atoms with Crippen molar-refractivity contribution < 1.29 is 23.5 Å². The van der Waals surface area contributed by atoms with E-state index in [9.17, 15) is 14.0 Å². The minimum Gasteiger partial charge on any atom is -0.490 e. The Balaban J connectivity index is 1.55. The molecule has 0 aliphatic carbocycles. The molecule has 0 radical (unpaired) electrons. The first kappa shape index (κ1) is 26.8. The van der Waals surface area contributed by atoms with Crippen LogP contribution >= 0.6 is 47.2 Å². The number of hydrazine groups is 1. The summed E-state index contributed by atoms with van der Waals surface area (Å²) >= 11 is 18.2. The fourth-order valence-electron chi connectivity index (χ4n) is 3.16. The molecular weight excluding hydrogens is 562 g/mol.